The molecule has 0 amide bonds. The molecule has 0 aromatic heterocycles. The van der Waals surface area contributed by atoms with Gasteiger partial charge in [-0.25, -0.2) is 0 Å². The van der Waals surface area contributed by atoms with Gasteiger partial charge in [0.15, 0.2) is 0 Å². The van der Waals surface area contributed by atoms with Gasteiger partial charge in [-0.05, 0) is 31.7 Å². The lowest BCUT2D eigenvalue weighted by atomic mass is 9.84. The smallest absolute Gasteiger partial charge is 0.0104 e. The maximum Gasteiger partial charge on any atom is 0.0104 e. The van der Waals surface area contributed by atoms with Gasteiger partial charge in [0.2, 0.25) is 0 Å². The average Bonchev–Trinajstić information content (AvgIpc) is 2.28. The summed E-state index contributed by atoms with van der Waals surface area (Å²) in [5.74, 6) is 0.980. The van der Waals surface area contributed by atoms with Crippen molar-refractivity contribution in [2.45, 2.75) is 64.3 Å². The third-order valence-electron chi connectivity index (χ3n) is 3.48. The fourth-order valence-corrected chi connectivity index (χ4v) is 2.64. The molecule has 0 aliphatic heterocycles. The molecule has 1 saturated carbocycles. The number of rotatable bonds is 7. The zero-order chi connectivity index (χ0) is 10.9. The molecular weight excluding hydrogens is 182 g/mol. The van der Waals surface area contributed by atoms with Gasteiger partial charge in [-0.15, -0.1) is 6.58 Å². The molecule has 1 heteroatoms. The quantitative estimate of drug-likeness (QED) is 0.627. The highest BCUT2D eigenvalue weighted by molar-refractivity contribution is 4.81. The molecule has 15 heavy (non-hydrogen) atoms. The minimum absolute atomic E-state index is 0.686. The van der Waals surface area contributed by atoms with Crippen LogP contribution in [0.2, 0.25) is 0 Å². The Balaban J connectivity index is 2.24. The third-order valence-corrected chi connectivity index (χ3v) is 3.48. The van der Waals surface area contributed by atoms with E-state index < -0.39 is 0 Å². The lowest BCUT2D eigenvalue weighted by molar-refractivity contribution is 0.298. The van der Waals surface area contributed by atoms with E-state index >= 15 is 0 Å². The van der Waals surface area contributed by atoms with Gasteiger partial charge in [-0.3, -0.25) is 0 Å². The van der Waals surface area contributed by atoms with E-state index in [0.717, 1.165) is 18.9 Å². The normalized spacial score (nSPS) is 20.1. The first-order valence-electron chi connectivity index (χ1n) is 6.71. The van der Waals surface area contributed by atoms with Crippen LogP contribution in [-0.4, -0.2) is 12.6 Å². The molecule has 0 bridgehead atoms. The van der Waals surface area contributed by atoms with Gasteiger partial charge in [0, 0.05) is 6.04 Å². The zero-order valence-electron chi connectivity index (χ0n) is 10.3. The Kier molecular flexibility index (Phi) is 6.74. The van der Waals surface area contributed by atoms with E-state index in [9.17, 15) is 0 Å². The maximum absolute atomic E-state index is 3.86. The first-order valence-corrected chi connectivity index (χ1v) is 6.71. The van der Waals surface area contributed by atoms with Crippen molar-refractivity contribution in [1.29, 1.82) is 0 Å². The molecule has 0 aromatic rings. The highest BCUT2D eigenvalue weighted by Gasteiger charge is 2.17. The number of hydrogen-bond acceptors (Lipinski definition) is 1. The van der Waals surface area contributed by atoms with Crippen LogP contribution in [0, 0.1) is 5.92 Å². The maximum atomic E-state index is 3.86. The highest BCUT2D eigenvalue weighted by Crippen LogP contribution is 2.27. The molecule has 0 saturated heterocycles. The van der Waals surface area contributed by atoms with Gasteiger partial charge in [0.1, 0.15) is 0 Å². The summed E-state index contributed by atoms with van der Waals surface area (Å²) >= 11 is 0. The monoisotopic (exact) mass is 209 g/mol. The number of nitrogens with one attached hydrogen (secondary N) is 1. The summed E-state index contributed by atoms with van der Waals surface area (Å²) in [5.41, 5.74) is 0. The second-order valence-corrected chi connectivity index (χ2v) is 4.92. The van der Waals surface area contributed by atoms with Crippen LogP contribution >= 0.6 is 0 Å². The summed E-state index contributed by atoms with van der Waals surface area (Å²) in [5, 5.41) is 3.65. The van der Waals surface area contributed by atoms with E-state index in [1.165, 1.54) is 44.9 Å². The molecule has 0 spiro atoms. The molecule has 1 aliphatic carbocycles. The van der Waals surface area contributed by atoms with E-state index in [1.807, 2.05) is 0 Å². The van der Waals surface area contributed by atoms with Gasteiger partial charge in [-0.1, -0.05) is 45.1 Å². The van der Waals surface area contributed by atoms with Crippen molar-refractivity contribution in [1.82, 2.24) is 5.32 Å². The molecular formula is C14H27N. The minimum Gasteiger partial charge on any atom is -0.314 e. The van der Waals surface area contributed by atoms with Crippen LogP contribution < -0.4 is 5.32 Å². The Morgan fingerprint density at radius 2 is 2.07 bits per heavy atom. The molecule has 1 N–H and O–H groups in total. The Bertz CT molecular complexity index is 159. The fraction of sp³-hybridized carbons (Fsp3) is 0.857. The van der Waals surface area contributed by atoms with E-state index in [4.69, 9.17) is 0 Å². The summed E-state index contributed by atoms with van der Waals surface area (Å²) in [4.78, 5) is 0. The second kappa shape index (κ2) is 7.92. The van der Waals surface area contributed by atoms with Crippen molar-refractivity contribution in [3.8, 4) is 0 Å². The van der Waals surface area contributed by atoms with Gasteiger partial charge in [0.05, 0.1) is 0 Å². The van der Waals surface area contributed by atoms with Gasteiger partial charge in [0.25, 0.3) is 0 Å². The van der Waals surface area contributed by atoms with E-state index in [2.05, 4.69) is 24.9 Å². The highest BCUT2D eigenvalue weighted by atomic mass is 14.9. The summed E-state index contributed by atoms with van der Waals surface area (Å²) in [6, 6.07) is 0.686. The standard InChI is InChI=1S/C14H27N/c1-3-8-14(15-11-4-2)12-13-9-6-5-7-10-13/h3,13-15H,1,4-12H2,2H3. The predicted molar refractivity (Wildman–Crippen MR) is 68.1 cm³/mol. The van der Waals surface area contributed by atoms with Gasteiger partial charge < -0.3 is 5.32 Å². The van der Waals surface area contributed by atoms with Crippen molar-refractivity contribution in [3.05, 3.63) is 12.7 Å². The van der Waals surface area contributed by atoms with Crippen molar-refractivity contribution in [2.75, 3.05) is 6.54 Å². The predicted octanol–water partition coefficient (Wildman–Crippen LogP) is 3.90. The van der Waals surface area contributed by atoms with Crippen molar-refractivity contribution < 1.29 is 0 Å². The molecule has 1 aliphatic rings. The van der Waals surface area contributed by atoms with Crippen molar-refractivity contribution in [3.63, 3.8) is 0 Å². The van der Waals surface area contributed by atoms with Crippen molar-refractivity contribution in [2.24, 2.45) is 5.92 Å². The first kappa shape index (κ1) is 12.8. The summed E-state index contributed by atoms with van der Waals surface area (Å²) in [7, 11) is 0. The average molecular weight is 209 g/mol. The largest absolute Gasteiger partial charge is 0.314 e. The number of hydrogen-bond donors (Lipinski definition) is 1. The van der Waals surface area contributed by atoms with Gasteiger partial charge >= 0.3 is 0 Å². The lowest BCUT2D eigenvalue weighted by Crippen LogP contribution is -2.31. The minimum atomic E-state index is 0.686. The summed E-state index contributed by atoms with van der Waals surface area (Å²) in [6.07, 6.45) is 13.1. The van der Waals surface area contributed by atoms with Crippen LogP contribution in [0.5, 0.6) is 0 Å². The first-order chi connectivity index (χ1) is 7.36. The zero-order valence-corrected chi connectivity index (χ0v) is 10.3. The van der Waals surface area contributed by atoms with Crippen LogP contribution in [0.25, 0.3) is 0 Å². The molecule has 0 radical (unpaired) electrons. The molecule has 1 unspecified atom stereocenters. The molecule has 0 heterocycles. The van der Waals surface area contributed by atoms with Crippen LogP contribution in [0.1, 0.15) is 58.3 Å². The topological polar surface area (TPSA) is 12.0 Å². The molecule has 1 rings (SSSR count). The van der Waals surface area contributed by atoms with E-state index in [1.54, 1.807) is 0 Å². The molecule has 1 fully saturated rings. The van der Waals surface area contributed by atoms with Gasteiger partial charge in [-0.2, -0.15) is 0 Å². The van der Waals surface area contributed by atoms with Crippen LogP contribution in [-0.2, 0) is 0 Å². The Hall–Kier alpha value is -0.300. The molecule has 1 atom stereocenters. The third kappa shape index (κ3) is 5.36. The Labute approximate surface area is 95.3 Å². The van der Waals surface area contributed by atoms with Crippen LogP contribution in [0.4, 0.5) is 0 Å². The second-order valence-electron chi connectivity index (χ2n) is 4.92. The van der Waals surface area contributed by atoms with E-state index in [-0.39, 0.29) is 0 Å². The lowest BCUT2D eigenvalue weighted by Gasteiger charge is -2.26. The Morgan fingerprint density at radius 1 is 1.33 bits per heavy atom. The fourth-order valence-electron chi connectivity index (χ4n) is 2.64. The van der Waals surface area contributed by atoms with Crippen LogP contribution in [0.3, 0.4) is 0 Å². The Morgan fingerprint density at radius 3 is 2.67 bits per heavy atom. The van der Waals surface area contributed by atoms with E-state index in [0.29, 0.717) is 6.04 Å². The summed E-state index contributed by atoms with van der Waals surface area (Å²) < 4.78 is 0. The molecule has 88 valence electrons. The summed E-state index contributed by atoms with van der Waals surface area (Å²) in [6.45, 7) is 7.25. The molecule has 0 aromatic carbocycles. The van der Waals surface area contributed by atoms with Crippen LogP contribution in [0.15, 0.2) is 12.7 Å². The van der Waals surface area contributed by atoms with Crippen molar-refractivity contribution >= 4 is 0 Å². The molecule has 1 nitrogen and oxygen atoms in total. The SMILES string of the molecule is C=CCC(CC1CCCCC1)NCCC.